The molecule has 0 spiro atoms. The number of hydrogen-bond acceptors (Lipinski definition) is 2. The Balaban J connectivity index is 2.20. The maximum absolute atomic E-state index is 12.0. The molecule has 1 heterocycles. The normalized spacial score (nSPS) is 21.6. The van der Waals surface area contributed by atoms with Crippen LogP contribution in [-0.2, 0) is 10.4 Å². The molecule has 2 aromatic carbocycles. The van der Waals surface area contributed by atoms with E-state index in [1.807, 2.05) is 6.07 Å². The second-order valence-electron chi connectivity index (χ2n) is 4.22. The van der Waals surface area contributed by atoms with Gasteiger partial charge in [0.05, 0.1) is 0 Å². The molecule has 0 saturated heterocycles. The minimum absolute atomic E-state index is 0.439. The lowest BCUT2D eigenvalue weighted by molar-refractivity contribution is -0.129. The molecular formula is C14H10ClNO2. The molecule has 18 heavy (non-hydrogen) atoms. The minimum Gasteiger partial charge on any atom is -0.372 e. The van der Waals surface area contributed by atoms with Gasteiger partial charge in [0, 0.05) is 16.3 Å². The summed E-state index contributed by atoms with van der Waals surface area (Å²) in [6.07, 6.45) is 0. The fourth-order valence-electron chi connectivity index (χ4n) is 2.22. The third-order valence-corrected chi connectivity index (χ3v) is 3.41. The van der Waals surface area contributed by atoms with E-state index in [9.17, 15) is 9.90 Å². The molecule has 3 rings (SSSR count). The first kappa shape index (κ1) is 11.3. The third kappa shape index (κ3) is 1.45. The number of carbonyl (C=O) groups is 1. The van der Waals surface area contributed by atoms with Gasteiger partial charge < -0.3 is 10.4 Å². The van der Waals surface area contributed by atoms with Gasteiger partial charge in [-0.3, -0.25) is 4.79 Å². The Kier molecular flexibility index (Phi) is 2.40. The number of halogens is 1. The zero-order valence-corrected chi connectivity index (χ0v) is 10.1. The van der Waals surface area contributed by atoms with E-state index in [2.05, 4.69) is 5.32 Å². The summed E-state index contributed by atoms with van der Waals surface area (Å²) in [5, 5.41) is 14.0. The van der Waals surface area contributed by atoms with Crippen molar-refractivity contribution in [2.24, 2.45) is 0 Å². The van der Waals surface area contributed by atoms with Crippen molar-refractivity contribution < 1.29 is 9.90 Å². The Labute approximate surface area is 109 Å². The number of rotatable bonds is 1. The molecule has 0 saturated carbocycles. The van der Waals surface area contributed by atoms with Gasteiger partial charge in [-0.25, -0.2) is 0 Å². The number of amides is 1. The van der Waals surface area contributed by atoms with Crippen LogP contribution in [-0.4, -0.2) is 11.0 Å². The number of aliphatic hydroxyl groups is 1. The van der Waals surface area contributed by atoms with E-state index in [-0.39, 0.29) is 0 Å². The molecule has 1 unspecified atom stereocenters. The second kappa shape index (κ2) is 3.83. The van der Waals surface area contributed by atoms with Crippen molar-refractivity contribution in [1.82, 2.24) is 0 Å². The third-order valence-electron chi connectivity index (χ3n) is 3.16. The number of hydrogen-bond donors (Lipinski definition) is 2. The highest BCUT2D eigenvalue weighted by molar-refractivity contribution is 6.30. The van der Waals surface area contributed by atoms with E-state index < -0.39 is 11.5 Å². The van der Waals surface area contributed by atoms with Gasteiger partial charge in [-0.15, -0.1) is 0 Å². The molecule has 2 N–H and O–H groups in total. The lowest BCUT2D eigenvalue weighted by Gasteiger charge is -2.21. The Bertz CT molecular complexity index is 624. The van der Waals surface area contributed by atoms with E-state index in [0.29, 0.717) is 21.8 Å². The van der Waals surface area contributed by atoms with E-state index in [1.165, 1.54) is 0 Å². The molecular weight excluding hydrogens is 250 g/mol. The molecule has 0 bridgehead atoms. The Morgan fingerprint density at radius 1 is 1.06 bits per heavy atom. The van der Waals surface area contributed by atoms with Crippen molar-refractivity contribution in [2.75, 3.05) is 5.32 Å². The highest BCUT2D eigenvalue weighted by Gasteiger charge is 2.46. The molecule has 1 aliphatic rings. The van der Waals surface area contributed by atoms with Gasteiger partial charge in [-0.1, -0.05) is 41.9 Å². The number of benzene rings is 2. The van der Waals surface area contributed by atoms with Gasteiger partial charge in [-0.05, 0) is 23.8 Å². The molecule has 4 heteroatoms. The SMILES string of the molecule is O=C1Nc2ccccc2C1(O)c1ccc(Cl)cc1. The van der Waals surface area contributed by atoms with Crippen molar-refractivity contribution in [3.63, 3.8) is 0 Å². The van der Waals surface area contributed by atoms with Gasteiger partial charge in [-0.2, -0.15) is 0 Å². The topological polar surface area (TPSA) is 49.3 Å². The average Bonchev–Trinajstić information content (AvgIpc) is 2.64. The number of para-hydroxylation sites is 1. The minimum atomic E-state index is -1.64. The van der Waals surface area contributed by atoms with Crippen molar-refractivity contribution in [1.29, 1.82) is 0 Å². The average molecular weight is 260 g/mol. The first-order chi connectivity index (χ1) is 8.62. The lowest BCUT2D eigenvalue weighted by atomic mass is 9.88. The van der Waals surface area contributed by atoms with Crippen LogP contribution in [0.15, 0.2) is 48.5 Å². The van der Waals surface area contributed by atoms with Crippen LogP contribution < -0.4 is 5.32 Å². The monoisotopic (exact) mass is 259 g/mol. The van der Waals surface area contributed by atoms with Gasteiger partial charge in [0.15, 0.2) is 5.60 Å². The predicted molar refractivity (Wildman–Crippen MR) is 69.5 cm³/mol. The number of nitrogens with one attached hydrogen (secondary N) is 1. The summed E-state index contributed by atoms with van der Waals surface area (Å²) >= 11 is 5.82. The Morgan fingerprint density at radius 2 is 1.72 bits per heavy atom. The van der Waals surface area contributed by atoms with E-state index in [4.69, 9.17) is 11.6 Å². The van der Waals surface area contributed by atoms with E-state index in [1.54, 1.807) is 42.5 Å². The number of carbonyl (C=O) groups excluding carboxylic acids is 1. The molecule has 1 amide bonds. The van der Waals surface area contributed by atoms with Crippen LogP contribution in [0.1, 0.15) is 11.1 Å². The molecule has 0 fully saturated rings. The Morgan fingerprint density at radius 3 is 2.44 bits per heavy atom. The summed E-state index contributed by atoms with van der Waals surface area (Å²) in [5.74, 6) is -0.439. The van der Waals surface area contributed by atoms with Crippen LogP contribution in [0.25, 0.3) is 0 Å². The highest BCUT2D eigenvalue weighted by Crippen LogP contribution is 2.40. The zero-order valence-electron chi connectivity index (χ0n) is 9.35. The summed E-state index contributed by atoms with van der Waals surface area (Å²) in [5.41, 5.74) is 0.0767. The molecule has 1 aliphatic heterocycles. The van der Waals surface area contributed by atoms with Crippen molar-refractivity contribution >= 4 is 23.2 Å². The largest absolute Gasteiger partial charge is 0.372 e. The van der Waals surface area contributed by atoms with Crippen molar-refractivity contribution in [2.45, 2.75) is 5.60 Å². The fraction of sp³-hybridized carbons (Fsp3) is 0.0714. The maximum atomic E-state index is 12.0. The van der Waals surface area contributed by atoms with E-state index >= 15 is 0 Å². The first-order valence-electron chi connectivity index (χ1n) is 5.52. The summed E-state index contributed by atoms with van der Waals surface area (Å²) in [6.45, 7) is 0. The quantitative estimate of drug-likeness (QED) is 0.827. The number of anilines is 1. The molecule has 1 atom stereocenters. The van der Waals surface area contributed by atoms with Crippen LogP contribution in [0.4, 0.5) is 5.69 Å². The first-order valence-corrected chi connectivity index (χ1v) is 5.89. The highest BCUT2D eigenvalue weighted by atomic mass is 35.5. The molecule has 0 radical (unpaired) electrons. The molecule has 90 valence electrons. The van der Waals surface area contributed by atoms with E-state index in [0.717, 1.165) is 0 Å². The van der Waals surface area contributed by atoms with Crippen LogP contribution in [0.5, 0.6) is 0 Å². The van der Waals surface area contributed by atoms with Gasteiger partial charge in [0.2, 0.25) is 0 Å². The maximum Gasteiger partial charge on any atom is 0.265 e. The lowest BCUT2D eigenvalue weighted by Crippen LogP contribution is -2.35. The summed E-state index contributed by atoms with van der Waals surface area (Å²) in [4.78, 5) is 12.0. The van der Waals surface area contributed by atoms with Crippen molar-refractivity contribution in [3.05, 3.63) is 64.7 Å². The molecule has 2 aromatic rings. The van der Waals surface area contributed by atoms with Crippen molar-refractivity contribution in [3.8, 4) is 0 Å². The van der Waals surface area contributed by atoms with Crippen LogP contribution >= 0.6 is 11.6 Å². The summed E-state index contributed by atoms with van der Waals surface area (Å²) < 4.78 is 0. The van der Waals surface area contributed by atoms with Gasteiger partial charge >= 0.3 is 0 Å². The Hall–Kier alpha value is -1.84. The fourth-order valence-corrected chi connectivity index (χ4v) is 2.35. The second-order valence-corrected chi connectivity index (χ2v) is 4.65. The van der Waals surface area contributed by atoms with Crippen LogP contribution in [0, 0.1) is 0 Å². The molecule has 0 aromatic heterocycles. The summed E-state index contributed by atoms with van der Waals surface area (Å²) in [6, 6.07) is 13.7. The molecule has 0 aliphatic carbocycles. The van der Waals surface area contributed by atoms with Gasteiger partial charge in [0.25, 0.3) is 5.91 Å². The number of fused-ring (bicyclic) bond motifs is 1. The van der Waals surface area contributed by atoms with Crippen LogP contribution in [0.2, 0.25) is 5.02 Å². The van der Waals surface area contributed by atoms with Gasteiger partial charge in [0.1, 0.15) is 0 Å². The smallest absolute Gasteiger partial charge is 0.265 e. The predicted octanol–water partition coefficient (Wildman–Crippen LogP) is 2.53. The summed E-state index contributed by atoms with van der Waals surface area (Å²) in [7, 11) is 0. The zero-order chi connectivity index (χ0) is 12.8. The molecule has 3 nitrogen and oxygen atoms in total. The van der Waals surface area contributed by atoms with Crippen LogP contribution in [0.3, 0.4) is 0 Å². The standard InChI is InChI=1S/C14H10ClNO2/c15-10-7-5-9(6-8-10)14(18)11-3-1-2-4-12(11)16-13(14)17/h1-8,18H,(H,16,17).